The third-order valence-electron chi connectivity index (χ3n) is 4.65. The van der Waals surface area contributed by atoms with Crippen LogP contribution in [0, 0.1) is 13.8 Å². The minimum absolute atomic E-state index is 0.0938. The standard InChI is InChI=1S/C20H21N5O3S/c1-12-5-4-6-13(2)18(12)25-20(22-23-24-25)29-14(3)19(26)21-10-15-7-8-16-17(9-15)28-11-27-16/h4-9,14H,10-11H2,1-3H3,(H,21,26). The number of nitrogens with one attached hydrogen (secondary N) is 1. The molecule has 1 aliphatic heterocycles. The molecule has 1 aliphatic rings. The van der Waals surface area contributed by atoms with E-state index in [1.54, 1.807) is 4.68 Å². The van der Waals surface area contributed by atoms with Gasteiger partial charge in [-0.25, -0.2) is 0 Å². The fourth-order valence-corrected chi connectivity index (χ4v) is 3.95. The first-order chi connectivity index (χ1) is 14.0. The van der Waals surface area contributed by atoms with Crippen molar-refractivity contribution in [1.29, 1.82) is 0 Å². The van der Waals surface area contributed by atoms with Gasteiger partial charge in [-0.1, -0.05) is 36.0 Å². The molecule has 1 amide bonds. The SMILES string of the molecule is Cc1cccc(C)c1-n1nnnc1SC(C)C(=O)NCc1ccc2c(c1)OCO2. The Morgan fingerprint density at radius 1 is 1.21 bits per heavy atom. The molecule has 0 fully saturated rings. The molecule has 1 aromatic heterocycles. The Labute approximate surface area is 172 Å². The number of fused-ring (bicyclic) bond motifs is 1. The number of tetrazole rings is 1. The number of benzene rings is 2. The average Bonchev–Trinajstić information content (AvgIpc) is 3.35. The number of ether oxygens (including phenoxy) is 2. The first-order valence-electron chi connectivity index (χ1n) is 9.21. The number of rotatable bonds is 6. The molecule has 0 spiro atoms. The van der Waals surface area contributed by atoms with Crippen LogP contribution in [0.15, 0.2) is 41.6 Å². The van der Waals surface area contributed by atoms with Crippen LogP contribution in [-0.2, 0) is 11.3 Å². The number of aryl methyl sites for hydroxylation is 2. The number of carbonyl (C=O) groups is 1. The van der Waals surface area contributed by atoms with Gasteiger partial charge in [-0.15, -0.1) is 5.10 Å². The number of aromatic nitrogens is 4. The lowest BCUT2D eigenvalue weighted by molar-refractivity contribution is -0.120. The van der Waals surface area contributed by atoms with E-state index in [9.17, 15) is 4.79 Å². The molecule has 2 heterocycles. The van der Waals surface area contributed by atoms with Gasteiger partial charge < -0.3 is 14.8 Å². The molecule has 1 unspecified atom stereocenters. The summed E-state index contributed by atoms with van der Waals surface area (Å²) in [5, 5.41) is 15.2. The summed E-state index contributed by atoms with van der Waals surface area (Å²) in [6.45, 7) is 6.50. The van der Waals surface area contributed by atoms with Crippen LogP contribution in [0.25, 0.3) is 5.69 Å². The summed E-state index contributed by atoms with van der Waals surface area (Å²) in [7, 11) is 0. The van der Waals surface area contributed by atoms with Crippen molar-refractivity contribution in [2.75, 3.05) is 6.79 Å². The van der Waals surface area contributed by atoms with Crippen molar-refractivity contribution in [2.45, 2.75) is 37.7 Å². The highest BCUT2D eigenvalue weighted by Crippen LogP contribution is 2.32. The minimum atomic E-state index is -0.363. The van der Waals surface area contributed by atoms with Crippen LogP contribution in [0.1, 0.15) is 23.6 Å². The second-order valence-corrected chi connectivity index (χ2v) is 8.09. The van der Waals surface area contributed by atoms with Gasteiger partial charge in [0.25, 0.3) is 0 Å². The van der Waals surface area contributed by atoms with Crippen molar-refractivity contribution in [2.24, 2.45) is 0 Å². The summed E-state index contributed by atoms with van der Waals surface area (Å²) in [6, 6.07) is 11.7. The molecule has 4 rings (SSSR count). The van der Waals surface area contributed by atoms with Gasteiger partial charge in [0.05, 0.1) is 10.9 Å². The molecule has 1 atom stereocenters. The summed E-state index contributed by atoms with van der Waals surface area (Å²) in [5.74, 6) is 1.33. The largest absolute Gasteiger partial charge is 0.454 e. The molecule has 3 aromatic rings. The zero-order valence-electron chi connectivity index (χ0n) is 16.4. The Morgan fingerprint density at radius 3 is 2.76 bits per heavy atom. The van der Waals surface area contributed by atoms with E-state index in [0.29, 0.717) is 17.5 Å². The summed E-state index contributed by atoms with van der Waals surface area (Å²) < 4.78 is 12.4. The van der Waals surface area contributed by atoms with E-state index in [2.05, 4.69) is 20.8 Å². The van der Waals surface area contributed by atoms with Crippen LogP contribution in [0.5, 0.6) is 11.5 Å². The maximum absolute atomic E-state index is 12.6. The van der Waals surface area contributed by atoms with E-state index >= 15 is 0 Å². The molecular weight excluding hydrogens is 390 g/mol. The topological polar surface area (TPSA) is 91.2 Å². The van der Waals surface area contributed by atoms with E-state index in [0.717, 1.165) is 28.1 Å². The van der Waals surface area contributed by atoms with Crippen LogP contribution in [0.2, 0.25) is 0 Å². The molecule has 1 N–H and O–H groups in total. The van der Waals surface area contributed by atoms with Crippen molar-refractivity contribution in [3.05, 3.63) is 53.1 Å². The smallest absolute Gasteiger partial charge is 0.233 e. The molecule has 0 aliphatic carbocycles. The zero-order chi connectivity index (χ0) is 20.4. The van der Waals surface area contributed by atoms with Gasteiger partial charge in [0.15, 0.2) is 11.5 Å². The normalized spacial score (nSPS) is 13.3. The third-order valence-corrected chi connectivity index (χ3v) is 5.68. The van der Waals surface area contributed by atoms with Gasteiger partial charge in [0, 0.05) is 6.54 Å². The highest BCUT2D eigenvalue weighted by molar-refractivity contribution is 8.00. The van der Waals surface area contributed by atoms with Gasteiger partial charge in [0.2, 0.25) is 17.9 Å². The molecule has 9 heteroatoms. The van der Waals surface area contributed by atoms with E-state index < -0.39 is 0 Å². The number of para-hydroxylation sites is 1. The van der Waals surface area contributed by atoms with E-state index in [-0.39, 0.29) is 18.0 Å². The molecular formula is C20H21N5O3S. The summed E-state index contributed by atoms with van der Waals surface area (Å²) in [6.07, 6.45) is 0. The monoisotopic (exact) mass is 411 g/mol. The average molecular weight is 411 g/mol. The van der Waals surface area contributed by atoms with Crippen LogP contribution in [0.3, 0.4) is 0 Å². The molecule has 2 aromatic carbocycles. The quantitative estimate of drug-likeness (QED) is 0.624. The molecule has 0 radical (unpaired) electrons. The van der Waals surface area contributed by atoms with Crippen molar-refractivity contribution in [3.8, 4) is 17.2 Å². The Balaban J connectivity index is 1.42. The first kappa shape index (κ1) is 19.3. The molecule has 8 nitrogen and oxygen atoms in total. The van der Waals surface area contributed by atoms with Crippen LogP contribution in [0.4, 0.5) is 0 Å². The lowest BCUT2D eigenvalue weighted by Crippen LogP contribution is -2.30. The van der Waals surface area contributed by atoms with Gasteiger partial charge in [0.1, 0.15) is 0 Å². The zero-order valence-corrected chi connectivity index (χ0v) is 17.2. The lowest BCUT2D eigenvalue weighted by Gasteiger charge is -2.14. The maximum Gasteiger partial charge on any atom is 0.233 e. The van der Waals surface area contributed by atoms with Gasteiger partial charge in [-0.05, 0) is 60.0 Å². The summed E-state index contributed by atoms with van der Waals surface area (Å²) >= 11 is 1.32. The van der Waals surface area contributed by atoms with Crippen LogP contribution in [-0.4, -0.2) is 38.2 Å². The number of nitrogens with zero attached hydrogens (tertiary/aromatic N) is 4. The summed E-state index contributed by atoms with van der Waals surface area (Å²) in [5.41, 5.74) is 4.02. The number of amides is 1. The molecule has 0 bridgehead atoms. The Hall–Kier alpha value is -3.07. The fourth-order valence-electron chi connectivity index (χ4n) is 3.13. The number of carbonyl (C=O) groups excluding carboxylic acids is 1. The van der Waals surface area contributed by atoms with Gasteiger partial charge in [-0.3, -0.25) is 4.79 Å². The highest BCUT2D eigenvalue weighted by atomic mass is 32.2. The number of hydrogen-bond acceptors (Lipinski definition) is 7. The third kappa shape index (κ3) is 4.04. The minimum Gasteiger partial charge on any atom is -0.454 e. The first-order valence-corrected chi connectivity index (χ1v) is 10.1. The molecule has 29 heavy (non-hydrogen) atoms. The Kier molecular flexibility index (Phi) is 5.39. The molecule has 0 saturated carbocycles. The number of hydrogen-bond donors (Lipinski definition) is 1. The second-order valence-electron chi connectivity index (χ2n) is 6.78. The Bertz CT molecular complexity index is 1030. The number of thioether (sulfide) groups is 1. The van der Waals surface area contributed by atoms with Crippen LogP contribution < -0.4 is 14.8 Å². The van der Waals surface area contributed by atoms with Gasteiger partial charge in [-0.2, -0.15) is 4.68 Å². The lowest BCUT2D eigenvalue weighted by atomic mass is 10.1. The van der Waals surface area contributed by atoms with Crippen molar-refractivity contribution in [3.63, 3.8) is 0 Å². The van der Waals surface area contributed by atoms with Crippen molar-refractivity contribution < 1.29 is 14.3 Å². The van der Waals surface area contributed by atoms with Crippen molar-refractivity contribution >= 4 is 17.7 Å². The fraction of sp³-hybridized carbons (Fsp3) is 0.300. The van der Waals surface area contributed by atoms with E-state index in [4.69, 9.17) is 9.47 Å². The maximum atomic E-state index is 12.6. The van der Waals surface area contributed by atoms with E-state index in [1.165, 1.54) is 11.8 Å². The molecule has 150 valence electrons. The summed E-state index contributed by atoms with van der Waals surface area (Å²) in [4.78, 5) is 12.6. The predicted molar refractivity (Wildman–Crippen MR) is 108 cm³/mol. The second kappa shape index (κ2) is 8.12. The van der Waals surface area contributed by atoms with Crippen LogP contribution >= 0.6 is 11.8 Å². The van der Waals surface area contributed by atoms with Crippen molar-refractivity contribution in [1.82, 2.24) is 25.5 Å². The van der Waals surface area contributed by atoms with Gasteiger partial charge >= 0.3 is 0 Å². The Morgan fingerprint density at radius 2 is 1.97 bits per heavy atom. The highest BCUT2D eigenvalue weighted by Gasteiger charge is 2.21. The predicted octanol–water partition coefficient (Wildman–Crippen LogP) is 2.80. The molecule has 0 saturated heterocycles. The van der Waals surface area contributed by atoms with E-state index in [1.807, 2.05) is 57.2 Å².